The summed E-state index contributed by atoms with van der Waals surface area (Å²) in [6.45, 7) is 7.11. The minimum Gasteiger partial charge on any atom is -0.493 e. The summed E-state index contributed by atoms with van der Waals surface area (Å²) in [5.74, 6) is -1.54. The molecule has 2 heterocycles. The van der Waals surface area contributed by atoms with Crippen molar-refractivity contribution in [2.24, 2.45) is 5.92 Å². The molecular formula is C28H42N2O10. The van der Waals surface area contributed by atoms with Crippen molar-refractivity contribution in [1.29, 1.82) is 0 Å². The van der Waals surface area contributed by atoms with Crippen LogP contribution < -0.4 is 14.8 Å². The Morgan fingerprint density at radius 3 is 2.60 bits per heavy atom. The fourth-order valence-corrected chi connectivity index (χ4v) is 4.60. The molecule has 40 heavy (non-hydrogen) atoms. The van der Waals surface area contributed by atoms with Crippen molar-refractivity contribution in [1.82, 2.24) is 10.3 Å². The summed E-state index contributed by atoms with van der Waals surface area (Å²) in [6.07, 6.45) is 5.17. The Labute approximate surface area is 235 Å². The van der Waals surface area contributed by atoms with E-state index in [0.717, 1.165) is 25.7 Å². The van der Waals surface area contributed by atoms with E-state index in [2.05, 4.69) is 10.3 Å². The average molecular weight is 567 g/mol. The van der Waals surface area contributed by atoms with Gasteiger partial charge in [0.15, 0.2) is 23.2 Å². The predicted molar refractivity (Wildman–Crippen MR) is 142 cm³/mol. The molecule has 1 saturated heterocycles. The van der Waals surface area contributed by atoms with E-state index in [1.165, 1.54) is 32.7 Å². The lowest BCUT2D eigenvalue weighted by molar-refractivity contribution is -0.177. The van der Waals surface area contributed by atoms with Gasteiger partial charge in [-0.1, -0.05) is 33.1 Å². The van der Waals surface area contributed by atoms with Crippen molar-refractivity contribution in [3.63, 3.8) is 0 Å². The number of methoxy groups -OCH3 is 1. The van der Waals surface area contributed by atoms with Crippen molar-refractivity contribution in [3.8, 4) is 11.5 Å². The lowest BCUT2D eigenvalue weighted by Crippen LogP contribution is -2.47. The normalized spacial score (nSPS) is 24.3. The average Bonchev–Trinajstić information content (AvgIpc) is 2.96. The fourth-order valence-electron chi connectivity index (χ4n) is 4.60. The first kappa shape index (κ1) is 31.6. The van der Waals surface area contributed by atoms with Crippen LogP contribution in [0.2, 0.25) is 0 Å². The van der Waals surface area contributed by atoms with Crippen LogP contribution in [-0.4, -0.2) is 87.0 Å². The number of carbonyl (C=O) groups excluding carboxylic acids is 3. The number of nitrogens with zero attached hydrogens (tertiary/aromatic N) is 1. The quantitative estimate of drug-likeness (QED) is 0.312. The number of aromatic nitrogens is 1. The summed E-state index contributed by atoms with van der Waals surface area (Å²) in [6, 6.07) is 0.353. The highest BCUT2D eigenvalue weighted by atomic mass is 16.7. The van der Waals surface area contributed by atoms with E-state index < -0.39 is 49.0 Å². The number of nitrogens with one attached hydrogen (secondary N) is 1. The molecule has 4 atom stereocenters. The van der Waals surface area contributed by atoms with Crippen LogP contribution in [0.25, 0.3) is 0 Å². The van der Waals surface area contributed by atoms with Gasteiger partial charge in [-0.3, -0.25) is 9.59 Å². The molecule has 0 radical (unpaired) electrons. The van der Waals surface area contributed by atoms with Crippen LogP contribution >= 0.6 is 0 Å². The third kappa shape index (κ3) is 9.31. The molecule has 1 saturated carbocycles. The minimum absolute atomic E-state index is 0.0439. The molecule has 0 spiro atoms. The van der Waals surface area contributed by atoms with Crippen molar-refractivity contribution < 1.29 is 47.5 Å². The molecule has 1 aromatic heterocycles. The molecule has 12 nitrogen and oxygen atoms in total. The smallest absolute Gasteiger partial charge is 0.331 e. The van der Waals surface area contributed by atoms with Gasteiger partial charge in [0.05, 0.1) is 26.4 Å². The summed E-state index contributed by atoms with van der Waals surface area (Å²) >= 11 is 0. The Kier molecular flexibility index (Phi) is 12.4. The van der Waals surface area contributed by atoms with Crippen LogP contribution in [0, 0.1) is 5.92 Å². The molecule has 1 aromatic rings. The maximum absolute atomic E-state index is 13.2. The number of ether oxygens (including phenoxy) is 7. The summed E-state index contributed by atoms with van der Waals surface area (Å²) < 4.78 is 39.9. The van der Waals surface area contributed by atoms with E-state index in [9.17, 15) is 14.4 Å². The zero-order chi connectivity index (χ0) is 29.1. The van der Waals surface area contributed by atoms with Crippen LogP contribution in [-0.2, 0) is 33.3 Å². The summed E-state index contributed by atoms with van der Waals surface area (Å²) in [4.78, 5) is 41.7. The summed E-state index contributed by atoms with van der Waals surface area (Å²) in [5, 5.41) is 2.63. The van der Waals surface area contributed by atoms with Crippen LogP contribution in [0.1, 0.15) is 70.3 Å². The Morgan fingerprint density at radius 2 is 1.93 bits per heavy atom. The number of rotatable bonds is 11. The zero-order valence-corrected chi connectivity index (χ0v) is 24.0. The molecule has 1 N–H and O–H groups in total. The van der Waals surface area contributed by atoms with Gasteiger partial charge in [-0.15, -0.1) is 0 Å². The van der Waals surface area contributed by atoms with E-state index >= 15 is 0 Å². The van der Waals surface area contributed by atoms with Gasteiger partial charge in [-0.25, -0.2) is 9.78 Å². The van der Waals surface area contributed by atoms with Crippen LogP contribution in [0.4, 0.5) is 0 Å². The molecule has 0 unspecified atom stereocenters. The fraction of sp³-hybridized carbons (Fsp3) is 0.714. The molecule has 2 aliphatic rings. The van der Waals surface area contributed by atoms with Gasteiger partial charge in [0, 0.05) is 25.8 Å². The van der Waals surface area contributed by atoms with Gasteiger partial charge in [0.2, 0.25) is 6.79 Å². The summed E-state index contributed by atoms with van der Waals surface area (Å²) in [5.41, 5.74) is -0.163. The molecule has 2 fully saturated rings. The molecule has 0 aromatic carbocycles. The van der Waals surface area contributed by atoms with E-state index in [1.807, 2.05) is 13.8 Å². The predicted octanol–water partition coefficient (Wildman–Crippen LogP) is 2.81. The number of hydrogen-bond donors (Lipinski definition) is 1. The maximum atomic E-state index is 13.2. The monoisotopic (exact) mass is 566 g/mol. The zero-order valence-electron chi connectivity index (χ0n) is 24.0. The molecule has 224 valence electrons. The Morgan fingerprint density at radius 1 is 1.18 bits per heavy atom. The van der Waals surface area contributed by atoms with E-state index in [-0.39, 0.29) is 42.4 Å². The second-order valence-corrected chi connectivity index (χ2v) is 10.4. The lowest BCUT2D eigenvalue weighted by Gasteiger charge is -2.34. The van der Waals surface area contributed by atoms with Crippen molar-refractivity contribution in [2.75, 3.05) is 33.7 Å². The van der Waals surface area contributed by atoms with Crippen LogP contribution in [0.5, 0.6) is 11.5 Å². The highest BCUT2D eigenvalue weighted by Gasteiger charge is 2.38. The van der Waals surface area contributed by atoms with Crippen molar-refractivity contribution in [3.05, 3.63) is 18.0 Å². The van der Waals surface area contributed by atoms with E-state index in [4.69, 9.17) is 33.2 Å². The minimum atomic E-state index is -1.14. The second kappa shape index (κ2) is 15.7. The van der Waals surface area contributed by atoms with Gasteiger partial charge in [0.25, 0.3) is 5.91 Å². The summed E-state index contributed by atoms with van der Waals surface area (Å²) in [7, 11) is 1.39. The topological polar surface area (TPSA) is 141 Å². The van der Waals surface area contributed by atoms with Crippen molar-refractivity contribution in [2.45, 2.75) is 90.3 Å². The molecule has 1 aliphatic heterocycles. The third-order valence-electron chi connectivity index (χ3n) is 6.60. The number of amides is 1. The van der Waals surface area contributed by atoms with Crippen molar-refractivity contribution >= 4 is 17.8 Å². The molecule has 1 amide bonds. The first-order valence-electron chi connectivity index (χ1n) is 13.8. The van der Waals surface area contributed by atoms with E-state index in [0.29, 0.717) is 6.61 Å². The first-order valence-corrected chi connectivity index (χ1v) is 13.8. The number of hydrogen-bond acceptors (Lipinski definition) is 11. The Balaban J connectivity index is 1.75. The SMILES string of the molecule is COc1ccnc(C(=O)N[C@H]2COC[C@H](OC3CCCCC3)[C@@H](OCC(C)C)[C@H](C)OC2=O)c1OCOC(C)=O. The van der Waals surface area contributed by atoms with Gasteiger partial charge in [-0.05, 0) is 25.7 Å². The molecular weight excluding hydrogens is 524 g/mol. The lowest BCUT2D eigenvalue weighted by atomic mass is 9.97. The van der Waals surface area contributed by atoms with Gasteiger partial charge in [0.1, 0.15) is 18.3 Å². The molecule has 12 heteroatoms. The standard InChI is InChI=1S/C28H42N2O10/c1-17(2)13-36-25-18(3)39-28(33)21(14-35-15-23(25)40-20-9-7-6-8-10-20)30-27(32)24-26(38-16-37-19(4)31)22(34-5)11-12-29-24/h11-12,17-18,20-21,23,25H,6-10,13-16H2,1-5H3,(H,30,32)/t18-,21-,23-,25-/m0/s1. The van der Waals surface area contributed by atoms with Gasteiger partial charge >= 0.3 is 11.9 Å². The van der Waals surface area contributed by atoms with Crippen LogP contribution in [0.15, 0.2) is 12.3 Å². The number of cyclic esters (lactones) is 1. The molecule has 0 bridgehead atoms. The number of carbonyl (C=O) groups is 3. The molecule has 3 rings (SSSR count). The second-order valence-electron chi connectivity index (χ2n) is 10.4. The van der Waals surface area contributed by atoms with Crippen LogP contribution in [0.3, 0.4) is 0 Å². The van der Waals surface area contributed by atoms with Gasteiger partial charge in [-0.2, -0.15) is 0 Å². The first-order chi connectivity index (χ1) is 19.2. The number of esters is 2. The maximum Gasteiger partial charge on any atom is 0.331 e. The Bertz CT molecular complexity index is 982. The highest BCUT2D eigenvalue weighted by molar-refractivity contribution is 5.98. The molecule has 1 aliphatic carbocycles. The number of pyridine rings is 1. The Hall–Kier alpha value is -2.96. The van der Waals surface area contributed by atoms with Gasteiger partial charge < -0.3 is 38.5 Å². The largest absolute Gasteiger partial charge is 0.493 e. The van der Waals surface area contributed by atoms with E-state index in [1.54, 1.807) is 6.92 Å². The third-order valence-corrected chi connectivity index (χ3v) is 6.60. The highest BCUT2D eigenvalue weighted by Crippen LogP contribution is 2.30.